The molecule has 0 saturated heterocycles. The Hall–Kier alpha value is -0.0800. The molecule has 0 aromatic carbocycles. The summed E-state index contributed by atoms with van der Waals surface area (Å²) in [6.07, 6.45) is 6.73. The van der Waals surface area contributed by atoms with E-state index in [2.05, 4.69) is 25.7 Å². The Labute approximate surface area is 88.8 Å². The molecule has 1 atom stereocenters. The molecule has 2 heteroatoms. The molecule has 2 nitrogen and oxygen atoms in total. The topological polar surface area (TPSA) is 29.3 Å². The zero-order valence-electron chi connectivity index (χ0n) is 10.1. The lowest BCUT2D eigenvalue weighted by Gasteiger charge is -2.43. The van der Waals surface area contributed by atoms with Gasteiger partial charge in [0, 0.05) is 18.1 Å². The molecule has 2 N–H and O–H groups in total. The first kappa shape index (κ1) is 12.0. The molecule has 0 bridgehead atoms. The molecule has 1 aliphatic rings. The fourth-order valence-corrected chi connectivity index (χ4v) is 2.76. The van der Waals surface area contributed by atoms with Gasteiger partial charge in [0.1, 0.15) is 0 Å². The monoisotopic (exact) mass is 198 g/mol. The summed E-state index contributed by atoms with van der Waals surface area (Å²) in [5.74, 6) is 0. The van der Waals surface area contributed by atoms with Crippen LogP contribution >= 0.6 is 0 Å². The molecule has 1 fully saturated rings. The van der Waals surface area contributed by atoms with Crippen LogP contribution in [0.2, 0.25) is 0 Å². The summed E-state index contributed by atoms with van der Waals surface area (Å²) in [6, 6.07) is 0.800. The average Bonchev–Trinajstić information content (AvgIpc) is 2.72. The molecule has 0 aromatic rings. The highest BCUT2D eigenvalue weighted by Crippen LogP contribution is 2.30. The van der Waals surface area contributed by atoms with Crippen molar-refractivity contribution in [2.45, 2.75) is 64.5 Å². The third-order valence-electron chi connectivity index (χ3n) is 4.00. The maximum atomic E-state index is 5.92. The van der Waals surface area contributed by atoms with Crippen molar-refractivity contribution in [2.75, 3.05) is 13.1 Å². The second-order valence-electron chi connectivity index (χ2n) is 4.78. The van der Waals surface area contributed by atoms with Crippen LogP contribution in [0.4, 0.5) is 0 Å². The van der Waals surface area contributed by atoms with E-state index in [9.17, 15) is 0 Å². The Morgan fingerprint density at radius 3 is 2.21 bits per heavy atom. The smallest absolute Gasteiger partial charge is 0.0303 e. The van der Waals surface area contributed by atoms with Gasteiger partial charge in [-0.2, -0.15) is 0 Å². The highest BCUT2D eigenvalue weighted by Gasteiger charge is 2.33. The Morgan fingerprint density at radius 1 is 1.29 bits per heavy atom. The van der Waals surface area contributed by atoms with E-state index in [-0.39, 0.29) is 5.54 Å². The van der Waals surface area contributed by atoms with Gasteiger partial charge in [0.25, 0.3) is 0 Å². The second-order valence-corrected chi connectivity index (χ2v) is 4.78. The Morgan fingerprint density at radius 2 is 1.86 bits per heavy atom. The summed E-state index contributed by atoms with van der Waals surface area (Å²) >= 11 is 0. The molecule has 0 aliphatic heterocycles. The van der Waals surface area contributed by atoms with Crippen LogP contribution in [0.25, 0.3) is 0 Å². The summed E-state index contributed by atoms with van der Waals surface area (Å²) in [6.45, 7) is 8.77. The van der Waals surface area contributed by atoms with E-state index >= 15 is 0 Å². The first-order valence-corrected chi connectivity index (χ1v) is 6.14. The molecule has 0 aromatic heterocycles. The van der Waals surface area contributed by atoms with Crippen LogP contribution in [0.15, 0.2) is 0 Å². The van der Waals surface area contributed by atoms with Gasteiger partial charge in [-0.3, -0.25) is 4.90 Å². The highest BCUT2D eigenvalue weighted by molar-refractivity contribution is 4.91. The lowest BCUT2D eigenvalue weighted by atomic mass is 9.94. The van der Waals surface area contributed by atoms with E-state index < -0.39 is 0 Å². The number of hydrogen-bond acceptors (Lipinski definition) is 2. The van der Waals surface area contributed by atoms with Crippen LogP contribution in [-0.4, -0.2) is 29.6 Å². The van der Waals surface area contributed by atoms with Crippen molar-refractivity contribution in [2.24, 2.45) is 5.73 Å². The van der Waals surface area contributed by atoms with Crippen LogP contribution in [0.3, 0.4) is 0 Å². The third-order valence-corrected chi connectivity index (χ3v) is 4.00. The first-order valence-electron chi connectivity index (χ1n) is 6.14. The summed E-state index contributed by atoms with van der Waals surface area (Å²) < 4.78 is 0. The van der Waals surface area contributed by atoms with Crippen LogP contribution in [-0.2, 0) is 0 Å². The SMILES string of the molecule is CCN(C1CCCC1)C(C)(CC)CN. The predicted molar refractivity (Wildman–Crippen MR) is 62.4 cm³/mol. The van der Waals surface area contributed by atoms with Crippen LogP contribution in [0.1, 0.15) is 52.9 Å². The molecule has 0 spiro atoms. The van der Waals surface area contributed by atoms with E-state index in [1.165, 1.54) is 25.7 Å². The zero-order chi connectivity index (χ0) is 10.6. The van der Waals surface area contributed by atoms with Crippen molar-refractivity contribution in [3.8, 4) is 0 Å². The summed E-state index contributed by atoms with van der Waals surface area (Å²) in [5, 5.41) is 0. The number of nitrogens with zero attached hydrogens (tertiary/aromatic N) is 1. The van der Waals surface area contributed by atoms with Gasteiger partial charge in [0.15, 0.2) is 0 Å². The fourth-order valence-electron chi connectivity index (χ4n) is 2.76. The molecular formula is C12H26N2. The minimum atomic E-state index is 0.226. The van der Waals surface area contributed by atoms with E-state index in [1.807, 2.05) is 0 Å². The van der Waals surface area contributed by atoms with Gasteiger partial charge in [-0.05, 0) is 32.7 Å². The van der Waals surface area contributed by atoms with Crippen molar-refractivity contribution in [1.82, 2.24) is 4.90 Å². The highest BCUT2D eigenvalue weighted by atomic mass is 15.2. The minimum absolute atomic E-state index is 0.226. The molecule has 1 aliphatic carbocycles. The molecule has 14 heavy (non-hydrogen) atoms. The van der Waals surface area contributed by atoms with Crippen LogP contribution in [0.5, 0.6) is 0 Å². The van der Waals surface area contributed by atoms with Gasteiger partial charge in [0.05, 0.1) is 0 Å². The Bertz CT molecular complexity index is 158. The normalized spacial score (nSPS) is 22.9. The van der Waals surface area contributed by atoms with Crippen LogP contribution < -0.4 is 5.73 Å². The summed E-state index contributed by atoms with van der Waals surface area (Å²) in [4.78, 5) is 2.64. The van der Waals surface area contributed by atoms with Gasteiger partial charge < -0.3 is 5.73 Å². The van der Waals surface area contributed by atoms with E-state index in [0.717, 1.165) is 25.6 Å². The summed E-state index contributed by atoms with van der Waals surface area (Å²) in [7, 11) is 0. The lowest BCUT2D eigenvalue weighted by molar-refractivity contribution is 0.0656. The van der Waals surface area contributed by atoms with E-state index in [0.29, 0.717) is 0 Å². The first-order chi connectivity index (χ1) is 6.68. The number of rotatable bonds is 5. The molecule has 1 saturated carbocycles. The molecular weight excluding hydrogens is 172 g/mol. The van der Waals surface area contributed by atoms with E-state index in [1.54, 1.807) is 0 Å². The van der Waals surface area contributed by atoms with E-state index in [4.69, 9.17) is 5.73 Å². The van der Waals surface area contributed by atoms with Crippen molar-refractivity contribution < 1.29 is 0 Å². The van der Waals surface area contributed by atoms with Gasteiger partial charge in [-0.1, -0.05) is 26.7 Å². The number of nitrogens with two attached hydrogens (primary N) is 1. The van der Waals surface area contributed by atoms with Gasteiger partial charge in [-0.25, -0.2) is 0 Å². The largest absolute Gasteiger partial charge is 0.329 e. The fraction of sp³-hybridized carbons (Fsp3) is 1.00. The quantitative estimate of drug-likeness (QED) is 0.735. The molecule has 0 heterocycles. The van der Waals surface area contributed by atoms with Gasteiger partial charge >= 0.3 is 0 Å². The average molecular weight is 198 g/mol. The van der Waals surface area contributed by atoms with Crippen molar-refractivity contribution >= 4 is 0 Å². The molecule has 84 valence electrons. The van der Waals surface area contributed by atoms with Crippen molar-refractivity contribution in [3.63, 3.8) is 0 Å². The Kier molecular flexibility index (Phi) is 4.39. The minimum Gasteiger partial charge on any atom is -0.329 e. The van der Waals surface area contributed by atoms with Gasteiger partial charge in [0.2, 0.25) is 0 Å². The second kappa shape index (κ2) is 5.13. The van der Waals surface area contributed by atoms with Crippen molar-refractivity contribution in [1.29, 1.82) is 0 Å². The van der Waals surface area contributed by atoms with Crippen molar-refractivity contribution in [3.05, 3.63) is 0 Å². The summed E-state index contributed by atoms with van der Waals surface area (Å²) in [5.41, 5.74) is 6.15. The maximum absolute atomic E-state index is 5.92. The molecule has 0 radical (unpaired) electrons. The predicted octanol–water partition coefficient (Wildman–Crippen LogP) is 2.38. The maximum Gasteiger partial charge on any atom is 0.0303 e. The third kappa shape index (κ3) is 2.29. The zero-order valence-corrected chi connectivity index (χ0v) is 10.1. The van der Waals surface area contributed by atoms with Crippen LogP contribution in [0, 0.1) is 0 Å². The molecule has 1 unspecified atom stereocenters. The van der Waals surface area contributed by atoms with Gasteiger partial charge in [-0.15, -0.1) is 0 Å². The number of hydrogen-bond donors (Lipinski definition) is 1. The standard InChI is InChI=1S/C12H26N2/c1-4-12(3,10-13)14(5-2)11-8-6-7-9-11/h11H,4-10,13H2,1-3H3. The Balaban J connectivity index is 2.67. The number of likely N-dealkylation sites (N-methyl/N-ethyl adjacent to an activating group) is 1. The molecule has 1 rings (SSSR count). The lowest BCUT2D eigenvalue weighted by Crippen LogP contribution is -2.54. The molecule has 0 amide bonds.